The minimum atomic E-state index is -3.09. The Bertz CT molecular complexity index is 254. The number of aliphatic hydroxyl groups excluding tert-OH is 1. The molecule has 1 aliphatic carbocycles. The third-order valence-electron chi connectivity index (χ3n) is 3.42. The Kier molecular flexibility index (Phi) is 7.47. The van der Waals surface area contributed by atoms with Gasteiger partial charge in [0.2, 0.25) is 0 Å². The monoisotopic (exact) mass is 278 g/mol. The summed E-state index contributed by atoms with van der Waals surface area (Å²) >= 11 is 0. The molecule has 4 nitrogen and oxygen atoms in total. The Hall–Kier alpha value is 0.110. The summed E-state index contributed by atoms with van der Waals surface area (Å²) in [7, 11) is -3.09. The van der Waals surface area contributed by atoms with Crippen LogP contribution < -0.4 is 0 Å². The summed E-state index contributed by atoms with van der Waals surface area (Å²) < 4.78 is 22.7. The van der Waals surface area contributed by atoms with Crippen LogP contribution in [0.1, 0.15) is 52.4 Å². The molecule has 5 heteroatoms. The number of hydrogen-bond donors (Lipinski definition) is 1. The van der Waals surface area contributed by atoms with E-state index in [2.05, 4.69) is 0 Å². The molecule has 1 fully saturated rings. The van der Waals surface area contributed by atoms with E-state index in [1.807, 2.05) is 0 Å². The predicted octanol–water partition coefficient (Wildman–Crippen LogP) is 3.58. The lowest BCUT2D eigenvalue weighted by Crippen LogP contribution is -2.20. The van der Waals surface area contributed by atoms with Crippen molar-refractivity contribution >= 4 is 7.60 Å². The zero-order valence-corrected chi connectivity index (χ0v) is 12.5. The van der Waals surface area contributed by atoms with Crippen molar-refractivity contribution in [2.24, 2.45) is 5.92 Å². The van der Waals surface area contributed by atoms with Crippen LogP contribution in [-0.4, -0.2) is 30.6 Å². The first-order valence-electron chi connectivity index (χ1n) is 7.15. The van der Waals surface area contributed by atoms with Gasteiger partial charge in [-0.15, -0.1) is 0 Å². The molecule has 18 heavy (non-hydrogen) atoms. The molecule has 108 valence electrons. The molecule has 1 atom stereocenters. The van der Waals surface area contributed by atoms with E-state index in [1.165, 1.54) is 32.1 Å². The van der Waals surface area contributed by atoms with E-state index in [9.17, 15) is 9.67 Å². The predicted molar refractivity (Wildman–Crippen MR) is 72.9 cm³/mol. The van der Waals surface area contributed by atoms with Gasteiger partial charge in [-0.05, 0) is 26.2 Å². The second-order valence-electron chi connectivity index (χ2n) is 5.02. The van der Waals surface area contributed by atoms with Gasteiger partial charge in [0.05, 0.1) is 25.5 Å². The van der Waals surface area contributed by atoms with Crippen LogP contribution in [0.5, 0.6) is 0 Å². The fourth-order valence-corrected chi connectivity index (χ4v) is 4.41. The van der Waals surface area contributed by atoms with Gasteiger partial charge in [-0.1, -0.05) is 32.1 Å². The van der Waals surface area contributed by atoms with Crippen molar-refractivity contribution in [3.63, 3.8) is 0 Å². The van der Waals surface area contributed by atoms with Crippen LogP contribution in [0.25, 0.3) is 0 Å². The topological polar surface area (TPSA) is 55.8 Å². The lowest BCUT2D eigenvalue weighted by Gasteiger charge is -2.25. The molecule has 1 N–H and O–H groups in total. The zero-order chi connectivity index (χ0) is 13.4. The van der Waals surface area contributed by atoms with Crippen molar-refractivity contribution in [1.82, 2.24) is 0 Å². The molecule has 0 saturated heterocycles. The van der Waals surface area contributed by atoms with E-state index < -0.39 is 13.7 Å². The number of hydrogen-bond acceptors (Lipinski definition) is 4. The summed E-state index contributed by atoms with van der Waals surface area (Å²) in [5.41, 5.74) is 0. The molecule has 0 heterocycles. The average molecular weight is 278 g/mol. The molecule has 1 aliphatic rings. The van der Waals surface area contributed by atoms with Crippen LogP contribution in [0.4, 0.5) is 0 Å². The van der Waals surface area contributed by atoms with Crippen LogP contribution in [-0.2, 0) is 13.6 Å². The van der Waals surface area contributed by atoms with Crippen molar-refractivity contribution in [3.05, 3.63) is 0 Å². The lowest BCUT2D eigenvalue weighted by molar-refractivity contribution is 0.134. The molecule has 0 bridgehead atoms. The van der Waals surface area contributed by atoms with Crippen molar-refractivity contribution in [2.45, 2.75) is 58.5 Å². The van der Waals surface area contributed by atoms with E-state index in [-0.39, 0.29) is 6.16 Å². The first-order valence-corrected chi connectivity index (χ1v) is 8.88. The number of aliphatic hydroxyl groups is 1. The highest BCUT2D eigenvalue weighted by Gasteiger charge is 2.29. The van der Waals surface area contributed by atoms with Gasteiger partial charge < -0.3 is 14.2 Å². The number of rotatable bonds is 8. The first-order chi connectivity index (χ1) is 8.59. The SMILES string of the molecule is CCOP(=O)(CC(O)CC1CCCCC1)OCC. The maximum absolute atomic E-state index is 12.3. The smallest absolute Gasteiger partial charge is 0.333 e. The van der Waals surface area contributed by atoms with Crippen molar-refractivity contribution in [2.75, 3.05) is 19.4 Å². The fourth-order valence-electron chi connectivity index (χ4n) is 2.68. The molecule has 1 unspecified atom stereocenters. The minimum absolute atomic E-state index is 0.130. The minimum Gasteiger partial charge on any atom is -0.392 e. The summed E-state index contributed by atoms with van der Waals surface area (Å²) in [6, 6.07) is 0. The molecule has 0 spiro atoms. The summed E-state index contributed by atoms with van der Waals surface area (Å²) in [6.07, 6.45) is 6.47. The maximum Gasteiger partial charge on any atom is 0.333 e. The Morgan fingerprint density at radius 1 is 1.17 bits per heavy atom. The standard InChI is InChI=1S/C13H27O4P/c1-3-16-18(15,17-4-2)11-13(14)10-12-8-6-5-7-9-12/h12-14H,3-11H2,1-2H3. The molecule has 0 aliphatic heterocycles. The van der Waals surface area contributed by atoms with E-state index >= 15 is 0 Å². The third kappa shape index (κ3) is 5.83. The molecule has 1 saturated carbocycles. The molecule has 0 aromatic heterocycles. The summed E-state index contributed by atoms with van der Waals surface area (Å²) in [5.74, 6) is 0.574. The summed E-state index contributed by atoms with van der Waals surface area (Å²) in [4.78, 5) is 0. The molecule has 0 amide bonds. The van der Waals surface area contributed by atoms with Crippen LogP contribution in [0, 0.1) is 5.92 Å². The molecular weight excluding hydrogens is 251 g/mol. The molecule has 0 radical (unpaired) electrons. The van der Waals surface area contributed by atoms with Gasteiger partial charge in [-0.2, -0.15) is 0 Å². The van der Waals surface area contributed by atoms with Crippen LogP contribution in [0.3, 0.4) is 0 Å². The van der Waals surface area contributed by atoms with Gasteiger partial charge >= 0.3 is 7.60 Å². The summed E-state index contributed by atoms with van der Waals surface area (Å²) in [5, 5.41) is 10.1. The maximum atomic E-state index is 12.3. The van der Waals surface area contributed by atoms with Crippen molar-refractivity contribution < 1.29 is 18.7 Å². The second-order valence-corrected chi connectivity index (χ2v) is 7.13. The second kappa shape index (κ2) is 8.31. The lowest BCUT2D eigenvalue weighted by atomic mass is 9.86. The van der Waals surface area contributed by atoms with Gasteiger partial charge in [0.1, 0.15) is 0 Å². The highest BCUT2D eigenvalue weighted by molar-refractivity contribution is 7.53. The van der Waals surface area contributed by atoms with Gasteiger partial charge in [0.25, 0.3) is 0 Å². The van der Waals surface area contributed by atoms with E-state index in [0.717, 1.165) is 6.42 Å². The van der Waals surface area contributed by atoms with Crippen LogP contribution in [0.15, 0.2) is 0 Å². The first kappa shape index (κ1) is 16.2. The van der Waals surface area contributed by atoms with E-state index in [1.54, 1.807) is 13.8 Å². The van der Waals surface area contributed by atoms with Gasteiger partial charge in [-0.25, -0.2) is 0 Å². The normalized spacial score (nSPS) is 19.9. The van der Waals surface area contributed by atoms with Gasteiger partial charge in [0.15, 0.2) is 0 Å². The molecule has 1 rings (SSSR count). The van der Waals surface area contributed by atoms with Gasteiger partial charge in [0, 0.05) is 0 Å². The molecular formula is C13H27O4P. The van der Waals surface area contributed by atoms with Crippen molar-refractivity contribution in [1.29, 1.82) is 0 Å². The fraction of sp³-hybridized carbons (Fsp3) is 1.00. The quantitative estimate of drug-likeness (QED) is 0.689. The third-order valence-corrected chi connectivity index (χ3v) is 5.59. The van der Waals surface area contributed by atoms with Crippen molar-refractivity contribution in [3.8, 4) is 0 Å². The summed E-state index contributed by atoms with van der Waals surface area (Å²) in [6.45, 7) is 4.29. The van der Waals surface area contributed by atoms with E-state index in [4.69, 9.17) is 9.05 Å². The van der Waals surface area contributed by atoms with Crippen LogP contribution >= 0.6 is 7.60 Å². The largest absolute Gasteiger partial charge is 0.392 e. The zero-order valence-electron chi connectivity index (χ0n) is 11.6. The Balaban J connectivity index is 2.39. The van der Waals surface area contributed by atoms with Crippen LogP contribution in [0.2, 0.25) is 0 Å². The van der Waals surface area contributed by atoms with Gasteiger partial charge in [-0.3, -0.25) is 4.57 Å². The van der Waals surface area contributed by atoms with E-state index in [0.29, 0.717) is 19.1 Å². The highest BCUT2D eigenvalue weighted by atomic mass is 31.2. The Morgan fingerprint density at radius 2 is 1.72 bits per heavy atom. The Labute approximate surface area is 111 Å². The molecule has 0 aromatic rings. The average Bonchev–Trinajstić information content (AvgIpc) is 2.30. The Morgan fingerprint density at radius 3 is 2.22 bits per heavy atom. The highest BCUT2D eigenvalue weighted by Crippen LogP contribution is 2.49. The molecule has 0 aromatic carbocycles.